The molecule has 5 rings (SSSR count). The summed E-state index contributed by atoms with van der Waals surface area (Å²) in [4.78, 5) is 21.2. The number of fused-ring (bicyclic) bond motifs is 1. The second-order valence-electron chi connectivity index (χ2n) is 9.42. The highest BCUT2D eigenvalue weighted by molar-refractivity contribution is 5.44. The Bertz CT molecular complexity index is 1130. The van der Waals surface area contributed by atoms with Gasteiger partial charge in [0, 0.05) is 70.2 Å². The highest BCUT2D eigenvalue weighted by Crippen LogP contribution is 2.30. The van der Waals surface area contributed by atoms with Gasteiger partial charge in [-0.1, -0.05) is 12.1 Å². The fraction of sp³-hybridized carbons (Fsp3) is 0.444. The van der Waals surface area contributed by atoms with Crippen molar-refractivity contribution in [2.75, 3.05) is 49.6 Å². The number of benzene rings is 1. The Morgan fingerprint density at radius 2 is 1.77 bits per heavy atom. The molecule has 8 nitrogen and oxygen atoms in total. The molecule has 0 spiro atoms. The number of pyridine rings is 1. The standard InChI is InChI=1S/C27H34N6O2/c1-20(2)35-24-8-7-21(16-25(24)34-3)18-31-11-9-23-22(19-31)17-29-27(30-23)33-14-12-32(13-15-33)26-6-4-5-10-28-26/h4-8,10,16-17,20H,9,11-15,18-19H2,1-3H3. The number of anilines is 2. The van der Waals surface area contributed by atoms with Crippen LogP contribution in [0, 0.1) is 0 Å². The van der Waals surface area contributed by atoms with Crippen LogP contribution in [0.15, 0.2) is 48.8 Å². The van der Waals surface area contributed by atoms with Crippen LogP contribution < -0.4 is 19.3 Å². The molecule has 0 atom stereocenters. The molecule has 1 fully saturated rings. The molecule has 0 N–H and O–H groups in total. The molecular weight excluding hydrogens is 440 g/mol. The van der Waals surface area contributed by atoms with Gasteiger partial charge in [0.2, 0.25) is 5.95 Å². The van der Waals surface area contributed by atoms with Crippen LogP contribution in [0.25, 0.3) is 0 Å². The maximum atomic E-state index is 5.85. The smallest absolute Gasteiger partial charge is 0.225 e. The van der Waals surface area contributed by atoms with Gasteiger partial charge < -0.3 is 19.3 Å². The van der Waals surface area contributed by atoms with Gasteiger partial charge in [0.1, 0.15) is 5.82 Å². The number of hydrogen-bond donors (Lipinski definition) is 0. The molecule has 35 heavy (non-hydrogen) atoms. The van der Waals surface area contributed by atoms with Gasteiger partial charge in [-0.2, -0.15) is 0 Å². The van der Waals surface area contributed by atoms with Crippen molar-refractivity contribution in [3.05, 3.63) is 65.6 Å². The number of nitrogens with zero attached hydrogens (tertiary/aromatic N) is 6. The molecule has 0 radical (unpaired) electrons. The average Bonchev–Trinajstić information content (AvgIpc) is 2.89. The fourth-order valence-corrected chi connectivity index (χ4v) is 4.75. The van der Waals surface area contributed by atoms with Crippen LogP contribution in [0.3, 0.4) is 0 Å². The second-order valence-corrected chi connectivity index (χ2v) is 9.42. The summed E-state index contributed by atoms with van der Waals surface area (Å²) < 4.78 is 11.4. The maximum absolute atomic E-state index is 5.85. The van der Waals surface area contributed by atoms with Gasteiger partial charge in [-0.15, -0.1) is 0 Å². The molecule has 0 unspecified atom stereocenters. The van der Waals surface area contributed by atoms with Crippen LogP contribution in [-0.4, -0.2) is 65.8 Å². The highest BCUT2D eigenvalue weighted by Gasteiger charge is 2.23. The van der Waals surface area contributed by atoms with E-state index in [2.05, 4.69) is 37.9 Å². The van der Waals surface area contributed by atoms with Gasteiger partial charge in [0.05, 0.1) is 18.9 Å². The summed E-state index contributed by atoms with van der Waals surface area (Å²) in [6.07, 6.45) is 4.92. The zero-order valence-electron chi connectivity index (χ0n) is 20.9. The van der Waals surface area contributed by atoms with E-state index in [1.54, 1.807) is 7.11 Å². The molecule has 2 aliphatic rings. The zero-order valence-corrected chi connectivity index (χ0v) is 20.9. The monoisotopic (exact) mass is 474 g/mol. The predicted molar refractivity (Wildman–Crippen MR) is 137 cm³/mol. The van der Waals surface area contributed by atoms with Crippen molar-refractivity contribution in [2.45, 2.75) is 39.5 Å². The molecule has 2 aliphatic heterocycles. The second kappa shape index (κ2) is 10.5. The SMILES string of the molecule is COc1cc(CN2CCc3nc(N4CCN(c5ccccn5)CC4)ncc3C2)ccc1OC(C)C. The van der Waals surface area contributed by atoms with Crippen LogP contribution in [0.4, 0.5) is 11.8 Å². The molecule has 3 aromatic rings. The van der Waals surface area contributed by atoms with Crippen molar-refractivity contribution in [1.29, 1.82) is 0 Å². The Kier molecular flexibility index (Phi) is 6.99. The van der Waals surface area contributed by atoms with Crippen molar-refractivity contribution in [3.8, 4) is 11.5 Å². The molecule has 0 bridgehead atoms. The van der Waals surface area contributed by atoms with E-state index in [4.69, 9.17) is 19.4 Å². The lowest BCUT2D eigenvalue weighted by Gasteiger charge is -2.36. The van der Waals surface area contributed by atoms with E-state index in [9.17, 15) is 0 Å². The van der Waals surface area contributed by atoms with E-state index < -0.39 is 0 Å². The van der Waals surface area contributed by atoms with Crippen LogP contribution >= 0.6 is 0 Å². The first-order valence-electron chi connectivity index (χ1n) is 12.4. The molecule has 184 valence electrons. The summed E-state index contributed by atoms with van der Waals surface area (Å²) in [5.74, 6) is 3.46. The van der Waals surface area contributed by atoms with Crippen LogP contribution in [0.5, 0.6) is 11.5 Å². The van der Waals surface area contributed by atoms with Gasteiger partial charge in [0.15, 0.2) is 11.5 Å². The molecule has 0 aliphatic carbocycles. The minimum absolute atomic E-state index is 0.114. The first kappa shape index (κ1) is 23.4. The van der Waals surface area contributed by atoms with E-state index in [1.807, 2.05) is 44.4 Å². The van der Waals surface area contributed by atoms with E-state index in [0.29, 0.717) is 0 Å². The number of piperazine rings is 1. The molecule has 4 heterocycles. The number of hydrogen-bond acceptors (Lipinski definition) is 8. The lowest BCUT2D eigenvalue weighted by Crippen LogP contribution is -2.47. The highest BCUT2D eigenvalue weighted by atomic mass is 16.5. The molecule has 1 saturated heterocycles. The van der Waals surface area contributed by atoms with Crippen LogP contribution in [0.2, 0.25) is 0 Å². The summed E-state index contributed by atoms with van der Waals surface area (Å²) in [7, 11) is 1.69. The van der Waals surface area contributed by atoms with Gasteiger partial charge >= 0.3 is 0 Å². The lowest BCUT2D eigenvalue weighted by atomic mass is 10.1. The predicted octanol–water partition coefficient (Wildman–Crippen LogP) is 3.55. The summed E-state index contributed by atoms with van der Waals surface area (Å²) in [5, 5.41) is 0. The Labute approximate surface area is 207 Å². The Balaban J connectivity index is 1.20. The topological polar surface area (TPSA) is 66.9 Å². The quantitative estimate of drug-likeness (QED) is 0.515. The van der Waals surface area contributed by atoms with Crippen molar-refractivity contribution < 1.29 is 9.47 Å². The minimum atomic E-state index is 0.114. The van der Waals surface area contributed by atoms with Crippen molar-refractivity contribution in [1.82, 2.24) is 19.9 Å². The normalized spacial score (nSPS) is 16.3. The third-order valence-electron chi connectivity index (χ3n) is 6.53. The summed E-state index contributed by atoms with van der Waals surface area (Å²) in [5.41, 5.74) is 3.61. The molecule has 8 heteroatoms. The summed E-state index contributed by atoms with van der Waals surface area (Å²) in [6, 6.07) is 12.3. The first-order chi connectivity index (χ1) is 17.1. The van der Waals surface area contributed by atoms with Gasteiger partial charge in [-0.3, -0.25) is 4.90 Å². The Morgan fingerprint density at radius 3 is 2.51 bits per heavy atom. The Hall–Kier alpha value is -3.39. The van der Waals surface area contributed by atoms with Gasteiger partial charge in [-0.05, 0) is 43.7 Å². The lowest BCUT2D eigenvalue weighted by molar-refractivity contribution is 0.228. The minimum Gasteiger partial charge on any atom is -0.493 e. The number of methoxy groups -OCH3 is 1. The summed E-state index contributed by atoms with van der Waals surface area (Å²) >= 11 is 0. The third kappa shape index (κ3) is 5.48. The average molecular weight is 475 g/mol. The van der Waals surface area contributed by atoms with E-state index in [0.717, 1.165) is 75.5 Å². The Morgan fingerprint density at radius 1 is 0.943 bits per heavy atom. The molecule has 0 amide bonds. The van der Waals surface area contributed by atoms with Gasteiger partial charge in [-0.25, -0.2) is 15.0 Å². The number of ether oxygens (including phenoxy) is 2. The van der Waals surface area contributed by atoms with E-state index in [1.165, 1.54) is 16.8 Å². The van der Waals surface area contributed by atoms with E-state index in [-0.39, 0.29) is 6.10 Å². The molecule has 0 saturated carbocycles. The van der Waals surface area contributed by atoms with Crippen molar-refractivity contribution in [3.63, 3.8) is 0 Å². The van der Waals surface area contributed by atoms with Crippen molar-refractivity contribution in [2.24, 2.45) is 0 Å². The third-order valence-corrected chi connectivity index (χ3v) is 6.53. The summed E-state index contributed by atoms with van der Waals surface area (Å²) in [6.45, 7) is 10.4. The van der Waals surface area contributed by atoms with Crippen LogP contribution in [-0.2, 0) is 19.5 Å². The fourth-order valence-electron chi connectivity index (χ4n) is 4.75. The maximum Gasteiger partial charge on any atom is 0.225 e. The first-order valence-corrected chi connectivity index (χ1v) is 12.4. The van der Waals surface area contributed by atoms with E-state index >= 15 is 0 Å². The largest absolute Gasteiger partial charge is 0.493 e. The van der Waals surface area contributed by atoms with Crippen LogP contribution in [0.1, 0.15) is 30.7 Å². The molecule has 1 aromatic carbocycles. The van der Waals surface area contributed by atoms with Crippen molar-refractivity contribution >= 4 is 11.8 Å². The zero-order chi connectivity index (χ0) is 24.2. The molecule has 2 aromatic heterocycles. The molecular formula is C27H34N6O2. The number of rotatable bonds is 7. The number of aromatic nitrogens is 3. The van der Waals surface area contributed by atoms with Gasteiger partial charge in [0.25, 0.3) is 0 Å².